The highest BCUT2D eigenvalue weighted by Crippen LogP contribution is 2.19. The van der Waals surface area contributed by atoms with E-state index < -0.39 is 0 Å². The highest BCUT2D eigenvalue weighted by atomic mass is 79.9. The van der Waals surface area contributed by atoms with Gasteiger partial charge in [-0.3, -0.25) is 10.1 Å². The maximum atomic E-state index is 12.6. The average Bonchev–Trinajstić information content (AvgIpc) is 3.29. The molecule has 4 rings (SSSR count). The van der Waals surface area contributed by atoms with Crippen molar-refractivity contribution in [3.8, 4) is 5.69 Å². The van der Waals surface area contributed by atoms with Crippen LogP contribution in [0.3, 0.4) is 0 Å². The van der Waals surface area contributed by atoms with Crippen LogP contribution in [-0.4, -0.2) is 49.2 Å². The summed E-state index contributed by atoms with van der Waals surface area (Å²) in [6, 6.07) is 7.63. The van der Waals surface area contributed by atoms with Gasteiger partial charge >= 0.3 is 0 Å². The Hall–Kier alpha value is -2.75. The molecule has 1 saturated heterocycles. The fraction of sp³-hybridized carbons (Fsp3) is 0.353. The molecule has 10 heteroatoms. The minimum absolute atomic E-state index is 0.242. The van der Waals surface area contributed by atoms with Crippen LogP contribution in [0, 0.1) is 6.92 Å². The molecule has 1 fully saturated rings. The van der Waals surface area contributed by atoms with E-state index in [1.807, 2.05) is 24.3 Å². The Morgan fingerprint density at radius 1 is 1.26 bits per heavy atom. The van der Waals surface area contributed by atoms with Crippen molar-refractivity contribution in [2.45, 2.75) is 26.2 Å². The summed E-state index contributed by atoms with van der Waals surface area (Å²) < 4.78 is 2.55. The van der Waals surface area contributed by atoms with Gasteiger partial charge in [-0.1, -0.05) is 27.2 Å². The first kappa shape index (κ1) is 17.7. The number of piperidine rings is 1. The van der Waals surface area contributed by atoms with E-state index in [0.29, 0.717) is 17.6 Å². The molecule has 0 atom stereocenters. The first-order chi connectivity index (χ1) is 13.1. The summed E-state index contributed by atoms with van der Waals surface area (Å²) in [6.45, 7) is 3.67. The Kier molecular flexibility index (Phi) is 4.88. The van der Waals surface area contributed by atoms with Gasteiger partial charge in [0, 0.05) is 17.6 Å². The van der Waals surface area contributed by atoms with Gasteiger partial charge < -0.3 is 4.90 Å². The van der Waals surface area contributed by atoms with Crippen molar-refractivity contribution in [1.29, 1.82) is 0 Å². The van der Waals surface area contributed by atoms with E-state index in [0.717, 1.165) is 36.1 Å². The quantitative estimate of drug-likeness (QED) is 0.658. The zero-order valence-corrected chi connectivity index (χ0v) is 16.4. The van der Waals surface area contributed by atoms with E-state index in [9.17, 15) is 4.79 Å². The van der Waals surface area contributed by atoms with Crippen LogP contribution in [0.2, 0.25) is 0 Å². The van der Waals surface area contributed by atoms with Crippen LogP contribution < -0.4 is 10.2 Å². The summed E-state index contributed by atoms with van der Waals surface area (Å²) in [7, 11) is 0. The second kappa shape index (κ2) is 7.47. The lowest BCUT2D eigenvalue weighted by atomic mass is 10.1. The van der Waals surface area contributed by atoms with Crippen LogP contribution >= 0.6 is 15.9 Å². The molecule has 1 aromatic carbocycles. The average molecular weight is 431 g/mol. The molecule has 27 heavy (non-hydrogen) atoms. The highest BCUT2D eigenvalue weighted by molar-refractivity contribution is 9.10. The minimum atomic E-state index is -0.380. The number of benzene rings is 1. The number of carbonyl (C=O) groups excluding carboxylic acids is 1. The molecule has 0 spiro atoms. The number of carbonyl (C=O) groups is 1. The third-order valence-electron chi connectivity index (χ3n) is 4.51. The summed E-state index contributed by atoms with van der Waals surface area (Å²) in [6.07, 6.45) is 3.50. The van der Waals surface area contributed by atoms with E-state index in [1.165, 1.54) is 6.42 Å². The van der Waals surface area contributed by atoms with Crippen molar-refractivity contribution < 1.29 is 4.79 Å². The smallest absolute Gasteiger partial charge is 0.280 e. The molecule has 3 aromatic rings. The Bertz CT molecular complexity index is 960. The molecule has 2 N–H and O–H groups in total. The van der Waals surface area contributed by atoms with E-state index in [1.54, 1.807) is 11.6 Å². The van der Waals surface area contributed by atoms with Crippen molar-refractivity contribution in [3.63, 3.8) is 0 Å². The summed E-state index contributed by atoms with van der Waals surface area (Å²) >= 11 is 3.43. The predicted molar refractivity (Wildman–Crippen MR) is 104 cm³/mol. The summed E-state index contributed by atoms with van der Waals surface area (Å²) in [4.78, 5) is 19.1. The fourth-order valence-corrected chi connectivity index (χ4v) is 3.49. The summed E-state index contributed by atoms with van der Waals surface area (Å²) in [5.41, 5.74) is 1.70. The van der Waals surface area contributed by atoms with Gasteiger partial charge in [0.2, 0.25) is 11.9 Å². The minimum Gasteiger partial charge on any atom is -0.340 e. The van der Waals surface area contributed by atoms with Crippen LogP contribution in [0.25, 0.3) is 5.69 Å². The number of hydrogen-bond acceptors (Lipinski definition) is 6. The molecule has 1 aliphatic heterocycles. The lowest BCUT2D eigenvalue weighted by Gasteiger charge is -2.24. The van der Waals surface area contributed by atoms with E-state index in [2.05, 4.69) is 51.6 Å². The largest absolute Gasteiger partial charge is 0.340 e. The van der Waals surface area contributed by atoms with E-state index in [4.69, 9.17) is 0 Å². The maximum Gasteiger partial charge on any atom is 0.280 e. The van der Waals surface area contributed by atoms with E-state index >= 15 is 0 Å². The number of rotatable bonds is 4. The van der Waals surface area contributed by atoms with Gasteiger partial charge in [0.05, 0.1) is 11.4 Å². The first-order valence-corrected chi connectivity index (χ1v) is 9.58. The van der Waals surface area contributed by atoms with Gasteiger partial charge in [-0.15, -0.1) is 10.2 Å². The number of amides is 1. The molecule has 0 saturated carbocycles. The summed E-state index contributed by atoms with van der Waals surface area (Å²) in [5.74, 6) is 0.534. The third kappa shape index (κ3) is 3.70. The Labute approximate surface area is 164 Å². The number of aromatic nitrogens is 6. The Morgan fingerprint density at radius 2 is 2.07 bits per heavy atom. The SMILES string of the molecule is Cc1c(C(=O)Nc2nc(N3CCCCC3)n[nH]2)nnn1-c1cccc(Br)c1. The van der Waals surface area contributed by atoms with Gasteiger partial charge in [0.25, 0.3) is 5.91 Å². The van der Waals surface area contributed by atoms with Gasteiger partial charge in [0.1, 0.15) is 0 Å². The molecule has 2 aromatic heterocycles. The van der Waals surface area contributed by atoms with Crippen molar-refractivity contribution in [2.75, 3.05) is 23.3 Å². The Balaban J connectivity index is 1.50. The number of nitrogens with zero attached hydrogens (tertiary/aromatic N) is 6. The monoisotopic (exact) mass is 430 g/mol. The van der Waals surface area contributed by atoms with Crippen LogP contribution in [0.5, 0.6) is 0 Å². The van der Waals surface area contributed by atoms with Crippen LogP contribution in [0.15, 0.2) is 28.7 Å². The second-order valence-corrected chi connectivity index (χ2v) is 7.32. The zero-order valence-electron chi connectivity index (χ0n) is 14.8. The zero-order chi connectivity index (χ0) is 18.8. The summed E-state index contributed by atoms with van der Waals surface area (Å²) in [5, 5.41) is 17.8. The number of H-pyrrole nitrogens is 1. The van der Waals surface area contributed by atoms with Crippen molar-refractivity contribution in [2.24, 2.45) is 0 Å². The molecule has 0 bridgehead atoms. The van der Waals surface area contributed by atoms with Crippen molar-refractivity contribution >= 4 is 33.7 Å². The van der Waals surface area contributed by atoms with Gasteiger partial charge in [-0.05, 0) is 44.4 Å². The van der Waals surface area contributed by atoms with Crippen molar-refractivity contribution in [3.05, 3.63) is 40.1 Å². The van der Waals surface area contributed by atoms with Crippen molar-refractivity contribution in [1.82, 2.24) is 30.2 Å². The number of halogens is 1. The first-order valence-electron chi connectivity index (χ1n) is 8.79. The number of hydrogen-bond donors (Lipinski definition) is 2. The van der Waals surface area contributed by atoms with Gasteiger partial charge in [0.15, 0.2) is 5.69 Å². The van der Waals surface area contributed by atoms with Crippen LogP contribution in [-0.2, 0) is 0 Å². The topological polar surface area (TPSA) is 105 Å². The Morgan fingerprint density at radius 3 is 2.85 bits per heavy atom. The highest BCUT2D eigenvalue weighted by Gasteiger charge is 2.20. The molecule has 9 nitrogen and oxygen atoms in total. The molecule has 0 unspecified atom stereocenters. The number of nitrogens with one attached hydrogen (secondary N) is 2. The standard InChI is InChI=1S/C17H19BrN8O/c1-11-14(21-24-26(11)13-7-5-6-12(18)10-13)15(27)19-16-20-17(23-22-16)25-8-3-2-4-9-25/h5-7,10H,2-4,8-9H2,1H3,(H2,19,20,22,23,27). The molecular formula is C17H19BrN8O. The fourth-order valence-electron chi connectivity index (χ4n) is 3.10. The van der Waals surface area contributed by atoms with Crippen LogP contribution in [0.4, 0.5) is 11.9 Å². The lowest BCUT2D eigenvalue weighted by Crippen LogP contribution is -2.30. The molecule has 3 heterocycles. The maximum absolute atomic E-state index is 12.6. The predicted octanol–water partition coefficient (Wildman–Crippen LogP) is 2.70. The number of aromatic amines is 1. The molecule has 1 aliphatic rings. The number of anilines is 2. The molecule has 0 radical (unpaired) electrons. The van der Waals surface area contributed by atoms with Crippen LogP contribution in [0.1, 0.15) is 35.4 Å². The molecule has 1 amide bonds. The second-order valence-electron chi connectivity index (χ2n) is 6.40. The normalized spacial score (nSPS) is 14.4. The molecule has 0 aliphatic carbocycles. The van der Waals surface area contributed by atoms with Gasteiger partial charge in [-0.2, -0.15) is 4.98 Å². The molecular weight excluding hydrogens is 412 g/mol. The third-order valence-corrected chi connectivity index (χ3v) is 5.00. The molecule has 140 valence electrons. The lowest BCUT2D eigenvalue weighted by molar-refractivity contribution is 0.102. The van der Waals surface area contributed by atoms with Gasteiger partial charge in [-0.25, -0.2) is 9.78 Å². The van der Waals surface area contributed by atoms with E-state index in [-0.39, 0.29) is 11.6 Å².